The third-order valence-electron chi connectivity index (χ3n) is 5.37. The highest BCUT2D eigenvalue weighted by atomic mass is 32.2. The highest BCUT2D eigenvalue weighted by Gasteiger charge is 2.18. The van der Waals surface area contributed by atoms with Gasteiger partial charge in [0.15, 0.2) is 9.84 Å². The van der Waals surface area contributed by atoms with E-state index in [2.05, 4.69) is 9.97 Å². The molecule has 1 N–H and O–H groups in total. The van der Waals surface area contributed by atoms with Crippen LogP contribution in [0.3, 0.4) is 0 Å². The van der Waals surface area contributed by atoms with Crippen molar-refractivity contribution in [2.75, 3.05) is 6.26 Å². The SMILES string of the molecule is Cn1cc(-c2cc(S(C)(=O)=O)ccc2Oc2ccc3cccnc3c2)c2cc[nH]c2c1=O. The molecule has 3 aromatic heterocycles. The summed E-state index contributed by atoms with van der Waals surface area (Å²) in [7, 11) is -1.80. The van der Waals surface area contributed by atoms with Gasteiger partial charge in [0.1, 0.15) is 17.0 Å². The Bertz CT molecular complexity index is 1670. The van der Waals surface area contributed by atoms with Crippen LogP contribution in [0.1, 0.15) is 0 Å². The van der Waals surface area contributed by atoms with Crippen LogP contribution in [0.2, 0.25) is 0 Å². The van der Waals surface area contributed by atoms with Gasteiger partial charge in [-0.15, -0.1) is 0 Å². The number of fused-ring (bicyclic) bond motifs is 2. The summed E-state index contributed by atoms with van der Waals surface area (Å²) >= 11 is 0. The third kappa shape index (κ3) is 3.44. The predicted octanol–water partition coefficient (Wildman–Crippen LogP) is 4.28. The zero-order valence-corrected chi connectivity index (χ0v) is 18.2. The van der Waals surface area contributed by atoms with Crippen molar-refractivity contribution in [1.82, 2.24) is 14.5 Å². The fourth-order valence-corrected chi connectivity index (χ4v) is 4.41. The first-order valence-electron chi connectivity index (χ1n) is 9.85. The first-order chi connectivity index (χ1) is 15.3. The normalized spacial score (nSPS) is 11.8. The van der Waals surface area contributed by atoms with Crippen LogP contribution in [-0.4, -0.2) is 29.2 Å². The van der Waals surface area contributed by atoms with Gasteiger partial charge >= 0.3 is 0 Å². The summed E-state index contributed by atoms with van der Waals surface area (Å²) in [5.41, 5.74) is 2.30. The fourth-order valence-electron chi connectivity index (χ4n) is 3.76. The summed E-state index contributed by atoms with van der Waals surface area (Å²) in [6, 6.07) is 15.9. The molecule has 7 nitrogen and oxygen atoms in total. The molecule has 0 fully saturated rings. The fraction of sp³-hybridized carbons (Fsp3) is 0.0833. The lowest BCUT2D eigenvalue weighted by Gasteiger charge is -2.15. The Labute approximate surface area is 183 Å². The molecule has 0 aliphatic rings. The minimum atomic E-state index is -3.45. The van der Waals surface area contributed by atoms with Crippen LogP contribution >= 0.6 is 0 Å². The molecule has 0 unspecified atom stereocenters. The van der Waals surface area contributed by atoms with E-state index in [0.29, 0.717) is 33.5 Å². The maximum Gasteiger partial charge on any atom is 0.274 e. The molecular formula is C24H19N3O4S. The Balaban J connectivity index is 1.73. The number of pyridine rings is 2. The van der Waals surface area contributed by atoms with Crippen LogP contribution < -0.4 is 10.3 Å². The number of rotatable bonds is 4. The maximum absolute atomic E-state index is 12.5. The molecule has 0 amide bonds. The van der Waals surface area contributed by atoms with Crippen molar-refractivity contribution in [1.29, 1.82) is 0 Å². The molecule has 0 spiro atoms. The lowest BCUT2D eigenvalue weighted by molar-refractivity contribution is 0.484. The van der Waals surface area contributed by atoms with Gasteiger partial charge in [-0.25, -0.2) is 8.42 Å². The van der Waals surface area contributed by atoms with Crippen molar-refractivity contribution >= 4 is 31.6 Å². The van der Waals surface area contributed by atoms with Crippen LogP contribution in [0.4, 0.5) is 0 Å². The Kier molecular flexibility index (Phi) is 4.60. The van der Waals surface area contributed by atoms with Crippen LogP contribution in [0.25, 0.3) is 32.9 Å². The average Bonchev–Trinajstić information content (AvgIpc) is 3.26. The molecule has 5 aromatic rings. The van der Waals surface area contributed by atoms with Crippen molar-refractivity contribution in [3.63, 3.8) is 0 Å². The smallest absolute Gasteiger partial charge is 0.274 e. The first kappa shape index (κ1) is 20.0. The van der Waals surface area contributed by atoms with Crippen molar-refractivity contribution in [2.45, 2.75) is 4.90 Å². The second kappa shape index (κ2) is 7.35. The number of H-pyrrole nitrogens is 1. The summed E-state index contributed by atoms with van der Waals surface area (Å²) in [5.74, 6) is 1.04. The largest absolute Gasteiger partial charge is 0.457 e. The van der Waals surface area contributed by atoms with Gasteiger partial charge in [-0.3, -0.25) is 9.78 Å². The number of aryl methyl sites for hydroxylation is 1. The van der Waals surface area contributed by atoms with Gasteiger partial charge in [-0.05, 0) is 42.5 Å². The quantitative estimate of drug-likeness (QED) is 0.446. The summed E-state index contributed by atoms with van der Waals surface area (Å²) in [5, 5.41) is 1.67. The molecule has 3 heterocycles. The van der Waals surface area contributed by atoms with Gasteiger partial charge in [-0.2, -0.15) is 0 Å². The van der Waals surface area contributed by atoms with E-state index < -0.39 is 9.84 Å². The van der Waals surface area contributed by atoms with Crippen LogP contribution in [0.5, 0.6) is 11.5 Å². The topological polar surface area (TPSA) is 94.0 Å². The molecule has 0 aliphatic carbocycles. The second-order valence-electron chi connectivity index (χ2n) is 7.62. The summed E-state index contributed by atoms with van der Waals surface area (Å²) in [6.45, 7) is 0. The number of sulfone groups is 1. The molecular weight excluding hydrogens is 426 g/mol. The number of nitrogens with one attached hydrogen (secondary N) is 1. The van der Waals surface area contributed by atoms with Gasteiger partial charge in [0, 0.05) is 59.9 Å². The molecule has 0 saturated carbocycles. The number of aromatic amines is 1. The van der Waals surface area contributed by atoms with Gasteiger partial charge in [0.2, 0.25) is 0 Å². The third-order valence-corrected chi connectivity index (χ3v) is 6.48. The minimum Gasteiger partial charge on any atom is -0.457 e. The van der Waals surface area contributed by atoms with E-state index in [1.807, 2.05) is 30.3 Å². The molecule has 2 aromatic carbocycles. The van der Waals surface area contributed by atoms with E-state index >= 15 is 0 Å². The molecule has 8 heteroatoms. The molecule has 0 aliphatic heterocycles. The van der Waals surface area contributed by atoms with Crippen molar-refractivity contribution in [3.8, 4) is 22.6 Å². The average molecular weight is 446 g/mol. The molecule has 0 saturated heterocycles. The number of hydrogen-bond acceptors (Lipinski definition) is 5. The Hall–Kier alpha value is -3.91. The molecule has 0 atom stereocenters. The second-order valence-corrected chi connectivity index (χ2v) is 9.63. The monoisotopic (exact) mass is 445 g/mol. The van der Waals surface area contributed by atoms with E-state index in [-0.39, 0.29) is 10.5 Å². The maximum atomic E-state index is 12.5. The summed E-state index contributed by atoms with van der Waals surface area (Å²) < 4.78 is 32.2. The Morgan fingerprint density at radius 1 is 1.03 bits per heavy atom. The molecule has 32 heavy (non-hydrogen) atoms. The highest BCUT2D eigenvalue weighted by molar-refractivity contribution is 7.90. The highest BCUT2D eigenvalue weighted by Crippen LogP contribution is 2.38. The van der Waals surface area contributed by atoms with Crippen LogP contribution in [0.15, 0.2) is 82.9 Å². The van der Waals surface area contributed by atoms with E-state index in [1.54, 1.807) is 43.8 Å². The number of aromatic nitrogens is 3. The van der Waals surface area contributed by atoms with Gasteiger partial charge in [0.05, 0.1) is 10.4 Å². The van der Waals surface area contributed by atoms with Crippen LogP contribution in [-0.2, 0) is 16.9 Å². The van der Waals surface area contributed by atoms with E-state index in [1.165, 1.54) is 10.6 Å². The Morgan fingerprint density at radius 2 is 1.88 bits per heavy atom. The molecule has 160 valence electrons. The van der Waals surface area contributed by atoms with Crippen molar-refractivity contribution in [3.05, 3.63) is 83.5 Å². The lowest BCUT2D eigenvalue weighted by atomic mass is 10.0. The van der Waals surface area contributed by atoms with Gasteiger partial charge < -0.3 is 14.3 Å². The zero-order valence-electron chi connectivity index (χ0n) is 17.4. The molecule has 0 radical (unpaired) electrons. The minimum absolute atomic E-state index is 0.164. The van der Waals surface area contributed by atoms with E-state index in [4.69, 9.17) is 4.74 Å². The number of benzene rings is 2. The van der Waals surface area contributed by atoms with Gasteiger partial charge in [0.25, 0.3) is 5.56 Å². The lowest BCUT2D eigenvalue weighted by Crippen LogP contribution is -2.16. The number of ether oxygens (including phenoxy) is 1. The Morgan fingerprint density at radius 3 is 2.69 bits per heavy atom. The van der Waals surface area contributed by atoms with E-state index in [0.717, 1.165) is 17.2 Å². The summed E-state index contributed by atoms with van der Waals surface area (Å²) in [4.78, 5) is 20.0. The molecule has 5 rings (SSSR count). The van der Waals surface area contributed by atoms with E-state index in [9.17, 15) is 13.2 Å². The number of hydrogen-bond donors (Lipinski definition) is 1. The standard InChI is InChI=1S/C24H19N3O4S/c1-27-14-20(18-9-11-26-23(18)24(27)28)19-13-17(32(2,29)30)7-8-22(19)31-16-6-5-15-4-3-10-25-21(15)12-16/h3-14,26H,1-2H3. The van der Waals surface area contributed by atoms with Crippen molar-refractivity contribution in [2.24, 2.45) is 7.05 Å². The predicted molar refractivity (Wildman–Crippen MR) is 124 cm³/mol. The summed E-state index contributed by atoms with van der Waals surface area (Å²) in [6.07, 6.45) is 6.25. The van der Waals surface area contributed by atoms with Crippen molar-refractivity contribution < 1.29 is 13.2 Å². The van der Waals surface area contributed by atoms with Gasteiger partial charge in [-0.1, -0.05) is 6.07 Å². The molecule has 0 bridgehead atoms. The number of nitrogens with zero attached hydrogens (tertiary/aromatic N) is 2. The zero-order chi connectivity index (χ0) is 22.5. The first-order valence-corrected chi connectivity index (χ1v) is 11.7. The van der Waals surface area contributed by atoms with Crippen LogP contribution in [0, 0.1) is 0 Å².